The van der Waals surface area contributed by atoms with E-state index in [9.17, 15) is 5.11 Å². The Morgan fingerprint density at radius 3 is 2.47 bits per heavy atom. The van der Waals surface area contributed by atoms with Gasteiger partial charge in [-0.2, -0.15) is 0 Å². The molecule has 0 saturated heterocycles. The molecule has 0 radical (unpaired) electrons. The Balaban J connectivity index is 1.73. The number of ether oxygens (including phenoxy) is 1. The van der Waals surface area contributed by atoms with Gasteiger partial charge in [0.25, 0.3) is 0 Å². The quantitative estimate of drug-likeness (QED) is 0.545. The lowest BCUT2D eigenvalue weighted by Crippen LogP contribution is -2.33. The average molecular weight is 421 g/mol. The monoisotopic (exact) mass is 420 g/mol. The number of halogens is 1. The van der Waals surface area contributed by atoms with Gasteiger partial charge in [0.2, 0.25) is 0 Å². The van der Waals surface area contributed by atoms with E-state index in [4.69, 9.17) is 21.3 Å². The second kappa shape index (κ2) is 8.90. The molecule has 0 fully saturated rings. The average Bonchev–Trinajstić information content (AvgIpc) is 2.80. The van der Waals surface area contributed by atoms with Crippen molar-refractivity contribution in [1.82, 2.24) is 5.32 Å². The van der Waals surface area contributed by atoms with Crippen molar-refractivity contribution in [3.05, 3.63) is 94.0 Å². The molecule has 4 rings (SSSR count). The minimum absolute atomic E-state index is 0.117. The third-order valence-corrected chi connectivity index (χ3v) is 5.77. The highest BCUT2D eigenvalue weighted by Gasteiger charge is 2.28. The highest BCUT2D eigenvalue weighted by atomic mass is 35.5. The number of hydrogen-bond acceptors (Lipinski definition) is 4. The Labute approximate surface area is 182 Å². The van der Waals surface area contributed by atoms with Crippen molar-refractivity contribution in [2.24, 2.45) is 4.99 Å². The lowest BCUT2D eigenvalue weighted by atomic mass is 9.93. The van der Waals surface area contributed by atoms with Crippen LogP contribution in [-0.4, -0.2) is 17.9 Å². The van der Waals surface area contributed by atoms with E-state index in [1.807, 2.05) is 30.3 Å². The fourth-order valence-electron chi connectivity index (χ4n) is 3.78. The molecule has 0 amide bonds. The van der Waals surface area contributed by atoms with E-state index >= 15 is 0 Å². The summed E-state index contributed by atoms with van der Waals surface area (Å²) in [4.78, 5) is 5.01. The molecule has 1 heterocycles. The fraction of sp³-hybridized carbons (Fsp3) is 0.240. The van der Waals surface area contributed by atoms with Gasteiger partial charge >= 0.3 is 0 Å². The van der Waals surface area contributed by atoms with E-state index in [0.717, 1.165) is 34.6 Å². The van der Waals surface area contributed by atoms with E-state index in [2.05, 4.69) is 36.5 Å². The van der Waals surface area contributed by atoms with Gasteiger partial charge in [0.15, 0.2) is 0 Å². The SMILES string of the molecule is CCc1ccc(C2=NC(c3ccc(OC)cc3)NC(c3cc(Cl)ccc3O)C2)cc1. The van der Waals surface area contributed by atoms with Crippen LogP contribution in [0.5, 0.6) is 11.5 Å². The molecule has 4 nitrogen and oxygen atoms in total. The van der Waals surface area contributed by atoms with Crippen LogP contribution in [0.1, 0.15) is 47.8 Å². The van der Waals surface area contributed by atoms with Gasteiger partial charge in [-0.1, -0.05) is 54.9 Å². The second-order valence-corrected chi connectivity index (χ2v) is 7.86. The Hall–Kier alpha value is -2.82. The molecular formula is C25H25ClN2O2. The molecule has 2 atom stereocenters. The van der Waals surface area contributed by atoms with Crippen LogP contribution in [0.2, 0.25) is 5.02 Å². The molecule has 0 spiro atoms. The minimum Gasteiger partial charge on any atom is -0.508 e. The number of rotatable bonds is 5. The summed E-state index contributed by atoms with van der Waals surface area (Å²) < 4.78 is 5.28. The standard InChI is InChI=1S/C25H25ClN2O2/c1-3-16-4-6-17(7-5-16)22-15-23(21-14-19(26)10-13-24(21)29)28-25(27-22)18-8-11-20(30-2)12-9-18/h4-14,23,25,28-29H,3,15H2,1-2H3. The van der Waals surface area contributed by atoms with Crippen LogP contribution >= 0.6 is 11.6 Å². The molecule has 154 valence electrons. The van der Waals surface area contributed by atoms with Crippen LogP contribution in [0.15, 0.2) is 71.7 Å². The topological polar surface area (TPSA) is 53.8 Å². The van der Waals surface area contributed by atoms with Crippen LogP contribution in [0.4, 0.5) is 0 Å². The highest BCUT2D eigenvalue weighted by molar-refractivity contribution is 6.30. The number of hydrogen-bond donors (Lipinski definition) is 2. The first-order chi connectivity index (χ1) is 14.6. The van der Waals surface area contributed by atoms with Crippen LogP contribution in [0.3, 0.4) is 0 Å². The number of phenolic OH excluding ortho intramolecular Hbond substituents is 1. The fourth-order valence-corrected chi connectivity index (χ4v) is 3.96. The zero-order chi connectivity index (χ0) is 21.1. The lowest BCUT2D eigenvalue weighted by molar-refractivity contribution is 0.408. The highest BCUT2D eigenvalue weighted by Crippen LogP contribution is 2.36. The predicted octanol–water partition coefficient (Wildman–Crippen LogP) is 5.84. The van der Waals surface area contributed by atoms with E-state index in [1.165, 1.54) is 5.56 Å². The molecule has 0 aliphatic carbocycles. The van der Waals surface area contributed by atoms with E-state index in [0.29, 0.717) is 11.4 Å². The number of benzene rings is 3. The molecule has 3 aromatic rings. The summed E-state index contributed by atoms with van der Waals surface area (Å²) in [6.07, 6.45) is 1.42. The number of aliphatic imine (C=N–C) groups is 1. The first kappa shape index (κ1) is 20.5. The third kappa shape index (κ3) is 4.35. The lowest BCUT2D eigenvalue weighted by Gasteiger charge is -2.31. The van der Waals surface area contributed by atoms with Crippen molar-refractivity contribution in [2.45, 2.75) is 32.0 Å². The normalized spacial score (nSPS) is 18.7. The second-order valence-electron chi connectivity index (χ2n) is 7.43. The molecule has 1 aliphatic heterocycles. The smallest absolute Gasteiger partial charge is 0.126 e. The van der Waals surface area contributed by atoms with Gasteiger partial charge < -0.3 is 9.84 Å². The summed E-state index contributed by atoms with van der Waals surface area (Å²) >= 11 is 6.23. The Bertz CT molecular complexity index is 1050. The van der Waals surface area contributed by atoms with Gasteiger partial charge in [0.05, 0.1) is 7.11 Å². The van der Waals surface area contributed by atoms with Crippen molar-refractivity contribution in [2.75, 3.05) is 7.11 Å². The zero-order valence-electron chi connectivity index (χ0n) is 17.1. The number of aryl methyl sites for hydroxylation is 1. The molecule has 0 aromatic heterocycles. The number of nitrogens with one attached hydrogen (secondary N) is 1. The molecule has 3 aromatic carbocycles. The van der Waals surface area contributed by atoms with Crippen molar-refractivity contribution in [3.8, 4) is 11.5 Å². The Kier molecular flexibility index (Phi) is 6.07. The summed E-state index contributed by atoms with van der Waals surface area (Å²) in [5, 5.41) is 14.6. The van der Waals surface area contributed by atoms with E-state index < -0.39 is 0 Å². The molecule has 2 unspecified atom stereocenters. The summed E-state index contributed by atoms with van der Waals surface area (Å²) in [5.41, 5.74) is 5.20. The van der Waals surface area contributed by atoms with Crippen molar-refractivity contribution in [1.29, 1.82) is 0 Å². The van der Waals surface area contributed by atoms with Crippen LogP contribution in [0.25, 0.3) is 0 Å². The van der Waals surface area contributed by atoms with Crippen LogP contribution in [0, 0.1) is 0 Å². The van der Waals surface area contributed by atoms with E-state index in [-0.39, 0.29) is 18.0 Å². The van der Waals surface area contributed by atoms with Crippen molar-refractivity contribution < 1.29 is 9.84 Å². The maximum atomic E-state index is 10.5. The molecule has 0 saturated carbocycles. The first-order valence-corrected chi connectivity index (χ1v) is 10.5. The largest absolute Gasteiger partial charge is 0.508 e. The minimum atomic E-state index is -0.242. The zero-order valence-corrected chi connectivity index (χ0v) is 17.9. The maximum absolute atomic E-state index is 10.5. The number of methoxy groups -OCH3 is 1. The summed E-state index contributed by atoms with van der Waals surface area (Å²) in [6.45, 7) is 2.15. The Morgan fingerprint density at radius 1 is 1.07 bits per heavy atom. The molecule has 0 bridgehead atoms. The number of nitrogens with zero attached hydrogens (tertiary/aromatic N) is 1. The molecule has 1 aliphatic rings. The van der Waals surface area contributed by atoms with E-state index in [1.54, 1.807) is 19.2 Å². The summed E-state index contributed by atoms with van der Waals surface area (Å²) in [5.74, 6) is 1.03. The van der Waals surface area contributed by atoms with Crippen LogP contribution in [-0.2, 0) is 6.42 Å². The molecule has 30 heavy (non-hydrogen) atoms. The van der Waals surface area contributed by atoms with Gasteiger partial charge in [-0.05, 0) is 53.4 Å². The molecular weight excluding hydrogens is 396 g/mol. The van der Waals surface area contributed by atoms with Gasteiger partial charge in [0, 0.05) is 28.8 Å². The van der Waals surface area contributed by atoms with Gasteiger partial charge in [-0.25, -0.2) is 0 Å². The summed E-state index contributed by atoms with van der Waals surface area (Å²) in [7, 11) is 1.65. The number of phenols is 1. The van der Waals surface area contributed by atoms with Gasteiger partial charge in [-0.3, -0.25) is 10.3 Å². The van der Waals surface area contributed by atoms with Gasteiger partial charge in [0.1, 0.15) is 17.7 Å². The van der Waals surface area contributed by atoms with Crippen molar-refractivity contribution in [3.63, 3.8) is 0 Å². The van der Waals surface area contributed by atoms with Crippen molar-refractivity contribution >= 4 is 17.3 Å². The van der Waals surface area contributed by atoms with Gasteiger partial charge in [-0.15, -0.1) is 0 Å². The summed E-state index contributed by atoms with van der Waals surface area (Å²) in [6, 6.07) is 21.5. The molecule has 2 N–H and O–H groups in total. The predicted molar refractivity (Wildman–Crippen MR) is 122 cm³/mol. The molecule has 5 heteroatoms. The number of aromatic hydroxyl groups is 1. The Morgan fingerprint density at radius 2 is 1.80 bits per heavy atom. The maximum Gasteiger partial charge on any atom is 0.126 e. The van der Waals surface area contributed by atoms with Crippen LogP contribution < -0.4 is 10.1 Å². The third-order valence-electron chi connectivity index (χ3n) is 5.53. The first-order valence-electron chi connectivity index (χ1n) is 10.1.